The minimum absolute atomic E-state index is 0.170. The monoisotopic (exact) mass is 339 g/mol. The SMILES string of the molecule is COc1cc(C(=O)Nc2ccccn2)c([N+](=O)[O-])cc1OC(F)F. The van der Waals surface area contributed by atoms with Crippen molar-refractivity contribution in [1.29, 1.82) is 0 Å². The van der Waals surface area contributed by atoms with Gasteiger partial charge in [0.05, 0.1) is 18.1 Å². The first kappa shape index (κ1) is 17.1. The Balaban J connectivity index is 2.44. The molecule has 0 bridgehead atoms. The zero-order valence-corrected chi connectivity index (χ0v) is 12.2. The number of nitro groups is 1. The molecular formula is C14H11F2N3O5. The van der Waals surface area contributed by atoms with Gasteiger partial charge in [-0.1, -0.05) is 6.07 Å². The Bertz CT molecular complexity index is 756. The molecule has 1 heterocycles. The maximum atomic E-state index is 12.4. The van der Waals surface area contributed by atoms with E-state index in [1.807, 2.05) is 0 Å². The van der Waals surface area contributed by atoms with Crippen LogP contribution in [0.25, 0.3) is 0 Å². The lowest BCUT2D eigenvalue weighted by Crippen LogP contribution is -2.15. The number of benzene rings is 1. The fraction of sp³-hybridized carbons (Fsp3) is 0.143. The third kappa shape index (κ3) is 3.91. The molecule has 8 nitrogen and oxygen atoms in total. The van der Waals surface area contributed by atoms with Crippen LogP contribution in [0.2, 0.25) is 0 Å². The van der Waals surface area contributed by atoms with Crippen LogP contribution in [0.5, 0.6) is 11.5 Å². The number of halogens is 2. The summed E-state index contributed by atoms with van der Waals surface area (Å²) in [4.78, 5) is 26.4. The predicted molar refractivity (Wildman–Crippen MR) is 78.5 cm³/mol. The highest BCUT2D eigenvalue weighted by Crippen LogP contribution is 2.35. The van der Waals surface area contributed by atoms with E-state index in [0.29, 0.717) is 6.07 Å². The molecule has 1 N–H and O–H groups in total. The highest BCUT2D eigenvalue weighted by Gasteiger charge is 2.26. The molecule has 0 fully saturated rings. The molecular weight excluding hydrogens is 328 g/mol. The summed E-state index contributed by atoms with van der Waals surface area (Å²) < 4.78 is 33.8. The molecule has 0 spiro atoms. The number of carbonyl (C=O) groups excluding carboxylic acids is 1. The number of rotatable bonds is 6. The second kappa shape index (κ2) is 7.31. The van der Waals surface area contributed by atoms with Crippen molar-refractivity contribution in [3.8, 4) is 11.5 Å². The average molecular weight is 339 g/mol. The van der Waals surface area contributed by atoms with Crippen LogP contribution in [0.1, 0.15) is 10.4 Å². The van der Waals surface area contributed by atoms with E-state index in [1.165, 1.54) is 12.3 Å². The summed E-state index contributed by atoms with van der Waals surface area (Å²) in [5.41, 5.74) is -1.09. The average Bonchev–Trinajstić information content (AvgIpc) is 2.54. The number of aromatic nitrogens is 1. The van der Waals surface area contributed by atoms with Gasteiger partial charge in [0, 0.05) is 12.3 Å². The number of nitrogens with zero attached hydrogens (tertiary/aromatic N) is 2. The quantitative estimate of drug-likeness (QED) is 0.641. The molecule has 0 aliphatic rings. The number of amides is 1. The van der Waals surface area contributed by atoms with Gasteiger partial charge in [0.25, 0.3) is 11.6 Å². The lowest BCUT2D eigenvalue weighted by Gasteiger charge is -2.12. The summed E-state index contributed by atoms with van der Waals surface area (Å²) in [6, 6.07) is 6.37. The van der Waals surface area contributed by atoms with Crippen LogP contribution in [-0.4, -0.2) is 29.5 Å². The number of hydrogen-bond donors (Lipinski definition) is 1. The van der Waals surface area contributed by atoms with Gasteiger partial charge in [0.1, 0.15) is 11.4 Å². The number of hydrogen-bond acceptors (Lipinski definition) is 6. The number of methoxy groups -OCH3 is 1. The molecule has 0 aliphatic heterocycles. The molecule has 2 aromatic rings. The minimum atomic E-state index is -3.20. The standard InChI is InChI=1S/C14H11F2N3O5/c1-23-10-6-8(13(20)18-12-4-2-3-5-17-12)9(19(21)22)7-11(10)24-14(15)16/h2-7,14H,1H3,(H,17,18,20). The fourth-order valence-electron chi connectivity index (χ4n) is 1.85. The first-order valence-corrected chi connectivity index (χ1v) is 6.46. The number of anilines is 1. The van der Waals surface area contributed by atoms with Gasteiger partial charge in [0.2, 0.25) is 0 Å². The maximum Gasteiger partial charge on any atom is 0.387 e. The maximum absolute atomic E-state index is 12.4. The van der Waals surface area contributed by atoms with E-state index in [4.69, 9.17) is 4.74 Å². The fourth-order valence-corrected chi connectivity index (χ4v) is 1.85. The first-order valence-electron chi connectivity index (χ1n) is 6.46. The first-order chi connectivity index (χ1) is 11.4. The second-order valence-corrected chi connectivity index (χ2v) is 4.32. The summed E-state index contributed by atoms with van der Waals surface area (Å²) in [6.45, 7) is -3.20. The van der Waals surface area contributed by atoms with E-state index in [2.05, 4.69) is 15.0 Å². The Morgan fingerprint density at radius 1 is 1.33 bits per heavy atom. The van der Waals surface area contributed by atoms with E-state index in [1.54, 1.807) is 12.1 Å². The molecule has 10 heteroatoms. The molecule has 1 aromatic heterocycles. The van der Waals surface area contributed by atoms with Crippen molar-refractivity contribution in [1.82, 2.24) is 4.98 Å². The van der Waals surface area contributed by atoms with Gasteiger partial charge in [-0.25, -0.2) is 4.98 Å². The van der Waals surface area contributed by atoms with Gasteiger partial charge in [-0.15, -0.1) is 0 Å². The van der Waals surface area contributed by atoms with Crippen LogP contribution in [0.15, 0.2) is 36.5 Å². The summed E-state index contributed by atoms with van der Waals surface area (Å²) >= 11 is 0. The van der Waals surface area contributed by atoms with Crippen molar-refractivity contribution in [2.24, 2.45) is 0 Å². The molecule has 2 rings (SSSR count). The Kier molecular flexibility index (Phi) is 5.20. The Morgan fingerprint density at radius 3 is 2.62 bits per heavy atom. The van der Waals surface area contributed by atoms with Gasteiger partial charge in [0.15, 0.2) is 11.5 Å². The zero-order chi connectivity index (χ0) is 17.7. The topological polar surface area (TPSA) is 104 Å². The zero-order valence-electron chi connectivity index (χ0n) is 12.2. The second-order valence-electron chi connectivity index (χ2n) is 4.32. The molecule has 0 aliphatic carbocycles. The summed E-state index contributed by atoms with van der Waals surface area (Å²) in [5, 5.41) is 13.5. The van der Waals surface area contributed by atoms with Crippen molar-refractivity contribution in [2.75, 3.05) is 12.4 Å². The van der Waals surface area contributed by atoms with E-state index >= 15 is 0 Å². The van der Waals surface area contributed by atoms with Gasteiger partial charge in [-0.05, 0) is 12.1 Å². The van der Waals surface area contributed by atoms with E-state index in [9.17, 15) is 23.7 Å². The largest absolute Gasteiger partial charge is 0.493 e. The normalized spacial score (nSPS) is 10.3. The van der Waals surface area contributed by atoms with Crippen LogP contribution >= 0.6 is 0 Å². The highest BCUT2D eigenvalue weighted by atomic mass is 19.3. The van der Waals surface area contributed by atoms with Crippen LogP contribution in [0.4, 0.5) is 20.3 Å². The summed E-state index contributed by atoms with van der Waals surface area (Å²) in [5.74, 6) is -1.47. The van der Waals surface area contributed by atoms with Gasteiger partial charge in [-0.2, -0.15) is 8.78 Å². The van der Waals surface area contributed by atoms with Crippen LogP contribution in [-0.2, 0) is 0 Å². The molecule has 0 saturated heterocycles. The Labute approximate surface area is 134 Å². The van der Waals surface area contributed by atoms with E-state index < -0.39 is 28.9 Å². The van der Waals surface area contributed by atoms with Crippen molar-refractivity contribution in [3.63, 3.8) is 0 Å². The molecule has 126 valence electrons. The molecule has 0 saturated carbocycles. The molecule has 1 aromatic carbocycles. The lowest BCUT2D eigenvalue weighted by atomic mass is 10.1. The third-order valence-electron chi connectivity index (χ3n) is 2.85. The van der Waals surface area contributed by atoms with Crippen molar-refractivity contribution in [2.45, 2.75) is 6.61 Å². The predicted octanol–water partition coefficient (Wildman–Crippen LogP) is 2.85. The Hall–Kier alpha value is -3.30. The number of ether oxygens (including phenoxy) is 2. The number of carbonyl (C=O) groups is 1. The van der Waals surface area contributed by atoms with Crippen LogP contribution in [0, 0.1) is 10.1 Å². The van der Waals surface area contributed by atoms with Crippen LogP contribution < -0.4 is 14.8 Å². The molecule has 1 amide bonds. The van der Waals surface area contributed by atoms with Crippen LogP contribution in [0.3, 0.4) is 0 Å². The number of nitrogens with one attached hydrogen (secondary N) is 1. The van der Waals surface area contributed by atoms with Gasteiger partial charge >= 0.3 is 6.61 Å². The third-order valence-corrected chi connectivity index (χ3v) is 2.85. The van der Waals surface area contributed by atoms with Crippen molar-refractivity contribution >= 4 is 17.4 Å². The van der Waals surface area contributed by atoms with Gasteiger partial charge in [-0.3, -0.25) is 14.9 Å². The number of alkyl halides is 2. The Morgan fingerprint density at radius 2 is 2.08 bits per heavy atom. The molecule has 0 radical (unpaired) electrons. The molecule has 0 atom stereocenters. The number of pyridine rings is 1. The smallest absolute Gasteiger partial charge is 0.387 e. The molecule has 0 unspecified atom stereocenters. The van der Waals surface area contributed by atoms with E-state index in [0.717, 1.165) is 13.2 Å². The number of nitro benzene ring substituents is 1. The highest BCUT2D eigenvalue weighted by molar-refractivity contribution is 6.07. The van der Waals surface area contributed by atoms with E-state index in [-0.39, 0.29) is 17.1 Å². The lowest BCUT2D eigenvalue weighted by molar-refractivity contribution is -0.385. The van der Waals surface area contributed by atoms with Crippen molar-refractivity contribution in [3.05, 3.63) is 52.2 Å². The summed E-state index contributed by atoms with van der Waals surface area (Å²) in [7, 11) is 1.15. The van der Waals surface area contributed by atoms with Gasteiger partial charge < -0.3 is 14.8 Å². The summed E-state index contributed by atoms with van der Waals surface area (Å²) in [6.07, 6.45) is 1.42. The molecule has 24 heavy (non-hydrogen) atoms. The minimum Gasteiger partial charge on any atom is -0.493 e. The van der Waals surface area contributed by atoms with Crippen molar-refractivity contribution < 1.29 is 28.0 Å².